The van der Waals surface area contributed by atoms with Crippen molar-refractivity contribution in [1.29, 1.82) is 0 Å². The molecule has 0 bridgehead atoms. The summed E-state index contributed by atoms with van der Waals surface area (Å²) in [5, 5.41) is 11.5. The molecule has 6 nitrogen and oxygen atoms in total. The molecule has 1 N–H and O–H groups in total. The van der Waals surface area contributed by atoms with E-state index in [4.69, 9.17) is 4.74 Å². The highest BCUT2D eigenvalue weighted by atomic mass is 16.6. The first-order chi connectivity index (χ1) is 14.7. The van der Waals surface area contributed by atoms with Crippen LogP contribution in [0.25, 0.3) is 11.3 Å². The van der Waals surface area contributed by atoms with Gasteiger partial charge in [-0.15, -0.1) is 0 Å². The summed E-state index contributed by atoms with van der Waals surface area (Å²) in [6.45, 7) is 8.48. The molecular formula is C25H33N3O3. The third kappa shape index (κ3) is 3.18. The molecule has 3 heterocycles. The first-order valence-electron chi connectivity index (χ1n) is 11.5. The summed E-state index contributed by atoms with van der Waals surface area (Å²) in [7, 11) is 0. The van der Waals surface area contributed by atoms with Gasteiger partial charge in [0.15, 0.2) is 0 Å². The average molecular weight is 424 g/mol. The molecule has 2 aromatic rings. The molecule has 31 heavy (non-hydrogen) atoms. The maximum Gasteiger partial charge on any atom is 0.410 e. The van der Waals surface area contributed by atoms with E-state index < -0.39 is 5.60 Å². The van der Waals surface area contributed by atoms with Crippen molar-refractivity contribution >= 4 is 6.09 Å². The van der Waals surface area contributed by atoms with Gasteiger partial charge in [-0.2, -0.15) is 0 Å². The number of aromatic nitrogens is 2. The van der Waals surface area contributed by atoms with Gasteiger partial charge in [0.05, 0.1) is 30.4 Å². The minimum absolute atomic E-state index is 0.109. The van der Waals surface area contributed by atoms with Crippen molar-refractivity contribution in [2.45, 2.75) is 77.2 Å². The van der Waals surface area contributed by atoms with Crippen LogP contribution in [0.15, 0.2) is 36.8 Å². The van der Waals surface area contributed by atoms with Gasteiger partial charge in [-0.3, -0.25) is 0 Å². The second-order valence-electron chi connectivity index (χ2n) is 10.6. The van der Waals surface area contributed by atoms with Crippen LogP contribution in [0.3, 0.4) is 0 Å². The number of hydrogen-bond donors (Lipinski definition) is 1. The van der Waals surface area contributed by atoms with Crippen molar-refractivity contribution in [3.05, 3.63) is 42.4 Å². The summed E-state index contributed by atoms with van der Waals surface area (Å²) in [5.41, 5.74) is 3.05. The van der Waals surface area contributed by atoms with Gasteiger partial charge in [-0.25, -0.2) is 9.78 Å². The third-order valence-electron chi connectivity index (χ3n) is 7.63. The van der Waals surface area contributed by atoms with E-state index in [9.17, 15) is 9.90 Å². The molecular weight excluding hydrogens is 390 g/mol. The Labute approximate surface area is 184 Å². The van der Waals surface area contributed by atoms with Crippen LogP contribution in [0.5, 0.6) is 0 Å². The van der Waals surface area contributed by atoms with Gasteiger partial charge in [0.2, 0.25) is 0 Å². The lowest BCUT2D eigenvalue weighted by atomic mass is 9.52. The Morgan fingerprint density at radius 1 is 1.29 bits per heavy atom. The summed E-state index contributed by atoms with van der Waals surface area (Å²) in [5.74, 6) is 0.169. The van der Waals surface area contributed by atoms with Gasteiger partial charge in [0.1, 0.15) is 5.60 Å². The quantitative estimate of drug-likeness (QED) is 0.765. The Morgan fingerprint density at radius 2 is 2.06 bits per heavy atom. The number of ether oxygens (including phenoxy) is 1. The molecule has 1 saturated carbocycles. The Hall–Kier alpha value is -2.34. The number of likely N-dealkylation sites (tertiary alicyclic amines) is 1. The zero-order valence-electron chi connectivity index (χ0n) is 18.9. The third-order valence-corrected chi connectivity index (χ3v) is 7.63. The fraction of sp³-hybridized carbons (Fsp3) is 0.600. The van der Waals surface area contributed by atoms with E-state index in [-0.39, 0.29) is 35.6 Å². The van der Waals surface area contributed by atoms with Gasteiger partial charge in [-0.1, -0.05) is 31.2 Å². The number of fused-ring (bicyclic) bond motifs is 3. The molecule has 1 saturated heterocycles. The van der Waals surface area contributed by atoms with Gasteiger partial charge >= 0.3 is 6.09 Å². The Bertz CT molecular complexity index is 994. The summed E-state index contributed by atoms with van der Waals surface area (Å²) in [4.78, 5) is 19.0. The van der Waals surface area contributed by atoms with Crippen molar-refractivity contribution in [2.24, 2.45) is 11.3 Å². The van der Waals surface area contributed by atoms with Gasteiger partial charge in [0.25, 0.3) is 0 Å². The smallest absolute Gasteiger partial charge is 0.410 e. The molecule has 1 spiro atoms. The first kappa shape index (κ1) is 20.6. The predicted molar refractivity (Wildman–Crippen MR) is 119 cm³/mol. The second-order valence-corrected chi connectivity index (χ2v) is 10.6. The highest BCUT2D eigenvalue weighted by Gasteiger charge is 2.59. The van der Waals surface area contributed by atoms with E-state index in [1.807, 2.05) is 38.2 Å². The van der Waals surface area contributed by atoms with E-state index in [0.717, 1.165) is 31.4 Å². The van der Waals surface area contributed by atoms with Crippen LogP contribution >= 0.6 is 0 Å². The molecule has 2 aliphatic heterocycles. The maximum atomic E-state index is 12.7. The van der Waals surface area contributed by atoms with Crippen molar-refractivity contribution < 1.29 is 14.6 Å². The SMILES string of the molecule is CC[C@H]1C[C@]2(CCN1C(=O)OC(C)(C)C)C[C@@H]([C@@H]1c3ccccc3-c3cncn31)[C@@H]2O. The lowest BCUT2D eigenvalue weighted by Crippen LogP contribution is -2.62. The average Bonchev–Trinajstić information content (AvgIpc) is 3.31. The molecule has 0 radical (unpaired) electrons. The molecule has 2 fully saturated rings. The monoisotopic (exact) mass is 423 g/mol. The number of rotatable bonds is 2. The van der Waals surface area contributed by atoms with Crippen molar-refractivity contribution in [3.63, 3.8) is 0 Å². The van der Waals surface area contributed by atoms with Crippen molar-refractivity contribution in [3.8, 4) is 11.3 Å². The lowest BCUT2D eigenvalue weighted by Gasteiger charge is -2.59. The van der Waals surface area contributed by atoms with Gasteiger partial charge in [0, 0.05) is 29.5 Å². The van der Waals surface area contributed by atoms with E-state index in [1.165, 1.54) is 11.1 Å². The van der Waals surface area contributed by atoms with Crippen LogP contribution in [0.2, 0.25) is 0 Å². The van der Waals surface area contributed by atoms with Crippen LogP contribution in [0.1, 0.15) is 65.0 Å². The molecule has 1 amide bonds. The van der Waals surface area contributed by atoms with Gasteiger partial charge < -0.3 is 19.3 Å². The number of amides is 1. The fourth-order valence-electron chi connectivity index (χ4n) is 6.18. The number of benzene rings is 1. The van der Waals surface area contributed by atoms with Gasteiger partial charge in [-0.05, 0) is 52.0 Å². The largest absolute Gasteiger partial charge is 0.444 e. The number of imidazole rings is 1. The van der Waals surface area contributed by atoms with Crippen LogP contribution < -0.4 is 0 Å². The molecule has 0 unspecified atom stereocenters. The molecule has 3 aliphatic rings. The first-order valence-corrected chi connectivity index (χ1v) is 11.5. The summed E-state index contributed by atoms with van der Waals surface area (Å²) < 4.78 is 7.88. The Balaban J connectivity index is 1.34. The van der Waals surface area contributed by atoms with Crippen LogP contribution in [-0.2, 0) is 4.74 Å². The minimum atomic E-state index is -0.496. The van der Waals surface area contributed by atoms with E-state index in [2.05, 4.69) is 40.7 Å². The Kier molecular flexibility index (Phi) is 4.70. The molecule has 1 aliphatic carbocycles. The predicted octanol–water partition coefficient (Wildman–Crippen LogP) is 4.63. The molecule has 5 rings (SSSR count). The number of carbonyl (C=O) groups excluding carboxylic acids is 1. The number of carbonyl (C=O) groups is 1. The van der Waals surface area contributed by atoms with E-state index in [1.54, 1.807) is 0 Å². The number of nitrogens with zero attached hydrogens (tertiary/aromatic N) is 3. The minimum Gasteiger partial charge on any atom is -0.444 e. The zero-order valence-corrected chi connectivity index (χ0v) is 18.9. The summed E-state index contributed by atoms with van der Waals surface area (Å²) in [6, 6.07) is 8.73. The maximum absolute atomic E-state index is 12.7. The standard InChI is InChI=1S/C25H33N3O3/c1-5-16-12-25(10-11-27(16)23(30)31-24(2,3)4)13-19(22(25)29)21-18-9-7-6-8-17(18)20-14-26-15-28(20)21/h6-9,14-16,19,21-22,29H,5,10-13H2,1-4H3/t16-,19-,21-,22-,25+/m0/s1. The van der Waals surface area contributed by atoms with E-state index >= 15 is 0 Å². The normalized spacial score (nSPS) is 31.8. The van der Waals surface area contributed by atoms with Crippen LogP contribution in [-0.4, -0.2) is 49.9 Å². The second kappa shape index (κ2) is 7.09. The molecule has 1 aromatic heterocycles. The topological polar surface area (TPSA) is 67.6 Å². The molecule has 6 heteroatoms. The van der Waals surface area contributed by atoms with Crippen molar-refractivity contribution in [2.75, 3.05) is 6.54 Å². The van der Waals surface area contributed by atoms with Crippen LogP contribution in [0, 0.1) is 11.3 Å². The van der Waals surface area contributed by atoms with Crippen LogP contribution in [0.4, 0.5) is 4.79 Å². The van der Waals surface area contributed by atoms with Crippen molar-refractivity contribution in [1.82, 2.24) is 14.5 Å². The number of aliphatic hydroxyl groups is 1. The highest BCUT2D eigenvalue weighted by Crippen LogP contribution is 2.60. The lowest BCUT2D eigenvalue weighted by molar-refractivity contribution is -0.166. The fourth-order valence-corrected chi connectivity index (χ4v) is 6.18. The number of piperidine rings is 1. The Morgan fingerprint density at radius 3 is 2.77 bits per heavy atom. The zero-order chi connectivity index (χ0) is 22.0. The highest BCUT2D eigenvalue weighted by molar-refractivity contribution is 5.70. The molecule has 5 atom stereocenters. The number of hydrogen-bond acceptors (Lipinski definition) is 4. The summed E-state index contributed by atoms with van der Waals surface area (Å²) >= 11 is 0. The number of aliphatic hydroxyl groups excluding tert-OH is 1. The van der Waals surface area contributed by atoms with E-state index in [0.29, 0.717) is 6.54 Å². The molecule has 166 valence electrons. The summed E-state index contributed by atoms with van der Waals surface area (Å²) in [6.07, 6.45) is 6.72. The molecule has 1 aromatic carbocycles.